The number of nitrogens with zero attached hydrogens (tertiary/aromatic N) is 2. The predicted molar refractivity (Wildman–Crippen MR) is 102 cm³/mol. The van der Waals surface area contributed by atoms with E-state index in [9.17, 15) is 8.42 Å². The molecule has 7 nitrogen and oxygen atoms in total. The summed E-state index contributed by atoms with van der Waals surface area (Å²) in [7, 11) is -3.72. The van der Waals surface area contributed by atoms with Gasteiger partial charge in [0.15, 0.2) is 5.11 Å². The molecule has 0 aliphatic carbocycles. The fraction of sp³-hybridized carbons (Fsp3) is 0.250. The van der Waals surface area contributed by atoms with Gasteiger partial charge >= 0.3 is 0 Å². The summed E-state index contributed by atoms with van der Waals surface area (Å²) in [4.78, 5) is 6.29. The van der Waals surface area contributed by atoms with Crippen LogP contribution in [0.15, 0.2) is 53.6 Å². The topological polar surface area (TPSA) is 100 Å². The summed E-state index contributed by atoms with van der Waals surface area (Å²) in [6.07, 6.45) is 2.20. The third-order valence-corrected chi connectivity index (χ3v) is 5.05. The standard InChI is InChI=1S/C16H19N5O2S2/c17-25(22,23)14-6-7-15(18-10-14)21-9-8-13(11-21)20-16(24)19-12-4-2-1-3-5-12/h1-7,10,13H,8-9,11H2,(H2,17,22,23)(H2,19,20,24)/t13-/m1/s1. The van der Waals surface area contributed by atoms with Gasteiger partial charge in [0.05, 0.1) is 0 Å². The number of primary sulfonamides is 1. The summed E-state index contributed by atoms with van der Waals surface area (Å²) in [5, 5.41) is 12.1. The Bertz CT molecular complexity index is 841. The molecule has 2 heterocycles. The number of pyridine rings is 1. The summed E-state index contributed by atoms with van der Waals surface area (Å²) < 4.78 is 22.6. The zero-order valence-electron chi connectivity index (χ0n) is 13.4. The smallest absolute Gasteiger partial charge is 0.239 e. The van der Waals surface area contributed by atoms with E-state index in [4.69, 9.17) is 17.4 Å². The number of hydrogen-bond donors (Lipinski definition) is 3. The molecule has 1 aliphatic heterocycles. The van der Waals surface area contributed by atoms with E-state index in [2.05, 4.69) is 20.5 Å². The second kappa shape index (κ2) is 7.34. The molecule has 0 unspecified atom stereocenters. The SMILES string of the molecule is NS(=O)(=O)c1ccc(N2CC[C@@H](NC(=S)Nc3ccccc3)C2)nc1. The van der Waals surface area contributed by atoms with E-state index < -0.39 is 10.0 Å². The Morgan fingerprint density at radius 2 is 2.00 bits per heavy atom. The lowest BCUT2D eigenvalue weighted by molar-refractivity contribution is 0.597. The van der Waals surface area contributed by atoms with E-state index in [0.717, 1.165) is 31.0 Å². The van der Waals surface area contributed by atoms with Gasteiger partial charge < -0.3 is 15.5 Å². The van der Waals surface area contributed by atoms with Gasteiger partial charge in [0.2, 0.25) is 10.0 Å². The molecule has 1 aromatic carbocycles. The first-order valence-corrected chi connectivity index (χ1v) is 9.73. The fourth-order valence-corrected chi connectivity index (χ4v) is 3.43. The van der Waals surface area contributed by atoms with Crippen LogP contribution in [0.5, 0.6) is 0 Å². The van der Waals surface area contributed by atoms with Crippen LogP contribution in [0.1, 0.15) is 6.42 Å². The highest BCUT2D eigenvalue weighted by Gasteiger charge is 2.24. The van der Waals surface area contributed by atoms with Crippen molar-refractivity contribution >= 4 is 38.9 Å². The van der Waals surface area contributed by atoms with Gasteiger partial charge in [0, 0.05) is 31.0 Å². The first-order valence-electron chi connectivity index (χ1n) is 7.78. The van der Waals surface area contributed by atoms with E-state index in [0.29, 0.717) is 5.11 Å². The first kappa shape index (κ1) is 17.6. The highest BCUT2D eigenvalue weighted by atomic mass is 32.2. The zero-order chi connectivity index (χ0) is 17.9. The minimum absolute atomic E-state index is 0.0124. The molecule has 2 aromatic rings. The molecule has 0 amide bonds. The number of benzene rings is 1. The molecule has 1 saturated heterocycles. The van der Waals surface area contributed by atoms with Crippen molar-refractivity contribution in [1.29, 1.82) is 0 Å². The van der Waals surface area contributed by atoms with E-state index in [-0.39, 0.29) is 10.9 Å². The van der Waals surface area contributed by atoms with Crippen molar-refractivity contribution in [2.24, 2.45) is 5.14 Å². The number of anilines is 2. The Labute approximate surface area is 152 Å². The Balaban J connectivity index is 1.55. The molecule has 3 rings (SSSR count). The molecule has 1 aromatic heterocycles. The second-order valence-electron chi connectivity index (χ2n) is 5.79. The van der Waals surface area contributed by atoms with Gasteiger partial charge in [0.1, 0.15) is 10.7 Å². The summed E-state index contributed by atoms with van der Waals surface area (Å²) in [5.41, 5.74) is 0.940. The summed E-state index contributed by atoms with van der Waals surface area (Å²) in [6, 6.07) is 13.1. The van der Waals surface area contributed by atoms with Crippen LogP contribution in [0, 0.1) is 0 Å². The number of rotatable bonds is 4. The summed E-state index contributed by atoms with van der Waals surface area (Å²) in [6.45, 7) is 1.55. The maximum atomic E-state index is 11.3. The Kier molecular flexibility index (Phi) is 5.16. The Morgan fingerprint density at radius 1 is 1.24 bits per heavy atom. The number of nitrogens with one attached hydrogen (secondary N) is 2. The van der Waals surface area contributed by atoms with Crippen LogP contribution >= 0.6 is 12.2 Å². The van der Waals surface area contributed by atoms with Gasteiger partial charge in [0.25, 0.3) is 0 Å². The third-order valence-electron chi connectivity index (χ3n) is 3.93. The molecule has 1 atom stereocenters. The molecule has 0 radical (unpaired) electrons. The monoisotopic (exact) mass is 377 g/mol. The average molecular weight is 377 g/mol. The molecular formula is C16H19N5O2S2. The molecule has 4 N–H and O–H groups in total. The Morgan fingerprint density at radius 3 is 2.64 bits per heavy atom. The Hall–Kier alpha value is -2.23. The zero-order valence-corrected chi connectivity index (χ0v) is 15.1. The maximum absolute atomic E-state index is 11.3. The summed E-state index contributed by atoms with van der Waals surface area (Å²) in [5.74, 6) is 0.721. The molecule has 132 valence electrons. The fourth-order valence-electron chi connectivity index (χ4n) is 2.69. The van der Waals surface area contributed by atoms with E-state index in [1.54, 1.807) is 6.07 Å². The second-order valence-corrected chi connectivity index (χ2v) is 7.76. The van der Waals surface area contributed by atoms with Gasteiger partial charge in [-0.15, -0.1) is 0 Å². The number of sulfonamides is 1. The highest BCUT2D eigenvalue weighted by molar-refractivity contribution is 7.89. The molecule has 1 aliphatic rings. The van der Waals surface area contributed by atoms with Crippen LogP contribution in [0.2, 0.25) is 0 Å². The molecule has 9 heteroatoms. The summed E-state index contributed by atoms with van der Waals surface area (Å²) >= 11 is 5.35. The van der Waals surface area contributed by atoms with Crippen LogP contribution in [0.25, 0.3) is 0 Å². The minimum atomic E-state index is -3.72. The van der Waals surface area contributed by atoms with Crippen LogP contribution in [0.3, 0.4) is 0 Å². The van der Waals surface area contributed by atoms with Crippen LogP contribution in [0.4, 0.5) is 11.5 Å². The van der Waals surface area contributed by atoms with Gasteiger partial charge in [-0.2, -0.15) is 0 Å². The maximum Gasteiger partial charge on any atom is 0.239 e. The molecular weight excluding hydrogens is 358 g/mol. The normalized spacial score (nSPS) is 17.3. The minimum Gasteiger partial charge on any atom is -0.358 e. The number of para-hydroxylation sites is 1. The quantitative estimate of drug-likeness (QED) is 0.691. The largest absolute Gasteiger partial charge is 0.358 e. The molecule has 1 fully saturated rings. The van der Waals surface area contributed by atoms with Crippen LogP contribution in [-0.2, 0) is 10.0 Å². The lowest BCUT2D eigenvalue weighted by atomic mass is 10.3. The first-order chi connectivity index (χ1) is 11.9. The van der Waals surface area contributed by atoms with Gasteiger partial charge in [-0.3, -0.25) is 0 Å². The van der Waals surface area contributed by atoms with Crippen molar-refractivity contribution < 1.29 is 8.42 Å². The van der Waals surface area contributed by atoms with Crippen molar-refractivity contribution in [2.45, 2.75) is 17.4 Å². The number of hydrogen-bond acceptors (Lipinski definition) is 5. The van der Waals surface area contributed by atoms with Crippen molar-refractivity contribution in [2.75, 3.05) is 23.3 Å². The highest BCUT2D eigenvalue weighted by Crippen LogP contribution is 2.19. The molecule has 25 heavy (non-hydrogen) atoms. The van der Waals surface area contributed by atoms with Crippen LogP contribution in [-0.4, -0.2) is 37.6 Å². The molecule has 0 saturated carbocycles. The van der Waals surface area contributed by atoms with Gasteiger partial charge in [-0.25, -0.2) is 18.5 Å². The third kappa shape index (κ3) is 4.65. The van der Waals surface area contributed by atoms with Gasteiger partial charge in [-0.05, 0) is 42.9 Å². The van der Waals surface area contributed by atoms with Crippen LogP contribution < -0.4 is 20.7 Å². The number of aromatic nitrogens is 1. The van der Waals surface area contributed by atoms with Crippen molar-refractivity contribution in [3.8, 4) is 0 Å². The van der Waals surface area contributed by atoms with Crippen molar-refractivity contribution in [3.05, 3.63) is 48.7 Å². The van der Waals surface area contributed by atoms with Gasteiger partial charge in [-0.1, -0.05) is 18.2 Å². The lowest BCUT2D eigenvalue weighted by Crippen LogP contribution is -2.39. The van der Waals surface area contributed by atoms with Crippen molar-refractivity contribution in [3.63, 3.8) is 0 Å². The van der Waals surface area contributed by atoms with E-state index in [1.807, 2.05) is 30.3 Å². The lowest BCUT2D eigenvalue weighted by Gasteiger charge is -2.19. The average Bonchev–Trinajstić information content (AvgIpc) is 3.03. The molecule has 0 spiro atoms. The predicted octanol–water partition coefficient (Wildman–Crippen LogP) is 1.29. The molecule has 0 bridgehead atoms. The van der Waals surface area contributed by atoms with Crippen molar-refractivity contribution in [1.82, 2.24) is 10.3 Å². The van der Waals surface area contributed by atoms with E-state index in [1.165, 1.54) is 12.3 Å². The number of thiocarbonyl (C=S) groups is 1. The number of nitrogens with two attached hydrogens (primary N) is 1. The van der Waals surface area contributed by atoms with E-state index >= 15 is 0 Å².